The molecule has 0 atom stereocenters. The zero-order chi connectivity index (χ0) is 13.1. The Hall–Kier alpha value is -1.87. The summed E-state index contributed by atoms with van der Waals surface area (Å²) in [6.45, 7) is 2.36. The first kappa shape index (κ1) is 12.6. The third kappa shape index (κ3) is 2.36. The zero-order valence-corrected chi connectivity index (χ0v) is 10.5. The van der Waals surface area contributed by atoms with Gasteiger partial charge in [0.05, 0.1) is 7.11 Å². The van der Waals surface area contributed by atoms with Crippen LogP contribution in [0.4, 0.5) is 4.39 Å². The van der Waals surface area contributed by atoms with Crippen molar-refractivity contribution in [1.29, 1.82) is 0 Å². The number of rotatable bonds is 3. The minimum Gasteiger partial charge on any atom is -0.496 e. The average Bonchev–Trinajstić information content (AvgIpc) is 2.39. The van der Waals surface area contributed by atoms with Gasteiger partial charge in [-0.05, 0) is 36.8 Å². The van der Waals surface area contributed by atoms with Crippen LogP contribution in [0, 0.1) is 12.7 Å². The second-order valence-corrected chi connectivity index (χ2v) is 4.22. The molecule has 0 unspecified atom stereocenters. The van der Waals surface area contributed by atoms with Crippen molar-refractivity contribution in [2.45, 2.75) is 13.5 Å². The molecule has 2 nitrogen and oxygen atoms in total. The van der Waals surface area contributed by atoms with Crippen molar-refractivity contribution < 1.29 is 9.13 Å². The molecule has 0 aliphatic rings. The number of methoxy groups -OCH3 is 1. The highest BCUT2D eigenvalue weighted by Gasteiger charge is 2.11. The molecule has 18 heavy (non-hydrogen) atoms. The van der Waals surface area contributed by atoms with Gasteiger partial charge in [-0.2, -0.15) is 0 Å². The summed E-state index contributed by atoms with van der Waals surface area (Å²) in [5.74, 6) is 0.393. The van der Waals surface area contributed by atoms with Gasteiger partial charge in [0.1, 0.15) is 11.6 Å². The number of halogens is 1. The third-order valence-electron chi connectivity index (χ3n) is 2.91. The van der Waals surface area contributed by atoms with Crippen molar-refractivity contribution in [1.82, 2.24) is 0 Å². The fourth-order valence-corrected chi connectivity index (χ4v) is 1.94. The molecule has 0 saturated heterocycles. The van der Waals surface area contributed by atoms with Gasteiger partial charge in [0.25, 0.3) is 0 Å². The molecule has 0 spiro atoms. The molecule has 0 aliphatic carbocycles. The Balaban J connectivity index is 2.63. The zero-order valence-electron chi connectivity index (χ0n) is 10.5. The van der Waals surface area contributed by atoms with Crippen LogP contribution in [-0.4, -0.2) is 7.11 Å². The van der Waals surface area contributed by atoms with Gasteiger partial charge < -0.3 is 10.5 Å². The largest absolute Gasteiger partial charge is 0.496 e. The molecule has 0 aromatic heterocycles. The Kier molecular flexibility index (Phi) is 3.63. The van der Waals surface area contributed by atoms with Crippen LogP contribution in [0.5, 0.6) is 5.75 Å². The molecule has 2 rings (SSSR count). The van der Waals surface area contributed by atoms with Crippen molar-refractivity contribution in [2.24, 2.45) is 5.73 Å². The summed E-state index contributed by atoms with van der Waals surface area (Å²) in [7, 11) is 1.58. The summed E-state index contributed by atoms with van der Waals surface area (Å²) < 4.78 is 19.2. The maximum absolute atomic E-state index is 13.9. The summed E-state index contributed by atoms with van der Waals surface area (Å²) in [4.78, 5) is 0. The van der Waals surface area contributed by atoms with Gasteiger partial charge in [0, 0.05) is 17.7 Å². The van der Waals surface area contributed by atoms with Crippen molar-refractivity contribution in [2.75, 3.05) is 7.11 Å². The SMILES string of the molecule is COc1ccc(C)cc1-c1cc(CN)ccc1F. The minimum absolute atomic E-state index is 0.267. The number of aryl methyl sites for hydroxylation is 1. The van der Waals surface area contributed by atoms with E-state index >= 15 is 0 Å². The molecule has 3 heteroatoms. The normalized spacial score (nSPS) is 10.4. The van der Waals surface area contributed by atoms with E-state index in [4.69, 9.17) is 10.5 Å². The smallest absolute Gasteiger partial charge is 0.131 e. The lowest BCUT2D eigenvalue weighted by Gasteiger charge is -2.11. The minimum atomic E-state index is -0.267. The highest BCUT2D eigenvalue weighted by Crippen LogP contribution is 2.33. The van der Waals surface area contributed by atoms with Gasteiger partial charge in [0.15, 0.2) is 0 Å². The lowest BCUT2D eigenvalue weighted by molar-refractivity contribution is 0.416. The van der Waals surface area contributed by atoms with E-state index in [1.807, 2.05) is 25.1 Å². The van der Waals surface area contributed by atoms with Crippen LogP contribution in [0.1, 0.15) is 11.1 Å². The summed E-state index contributed by atoms with van der Waals surface area (Å²) >= 11 is 0. The highest BCUT2D eigenvalue weighted by atomic mass is 19.1. The fraction of sp³-hybridized carbons (Fsp3) is 0.200. The lowest BCUT2D eigenvalue weighted by atomic mass is 9.99. The van der Waals surface area contributed by atoms with E-state index in [0.29, 0.717) is 17.9 Å². The van der Waals surface area contributed by atoms with E-state index in [9.17, 15) is 4.39 Å². The summed E-state index contributed by atoms with van der Waals surface area (Å²) in [6.07, 6.45) is 0. The van der Waals surface area contributed by atoms with Gasteiger partial charge in [-0.15, -0.1) is 0 Å². The van der Waals surface area contributed by atoms with E-state index in [2.05, 4.69) is 0 Å². The van der Waals surface area contributed by atoms with Gasteiger partial charge in [-0.25, -0.2) is 4.39 Å². The number of ether oxygens (including phenoxy) is 1. The van der Waals surface area contributed by atoms with E-state index in [1.54, 1.807) is 19.2 Å². The maximum Gasteiger partial charge on any atom is 0.131 e. The number of hydrogen-bond donors (Lipinski definition) is 1. The molecular weight excluding hydrogens is 229 g/mol. The topological polar surface area (TPSA) is 35.2 Å². The Morgan fingerprint density at radius 2 is 1.89 bits per heavy atom. The van der Waals surface area contributed by atoms with Crippen LogP contribution in [0.2, 0.25) is 0 Å². The Bertz CT molecular complexity index is 566. The summed E-state index contributed by atoms with van der Waals surface area (Å²) in [6, 6.07) is 10.6. The number of benzene rings is 2. The third-order valence-corrected chi connectivity index (χ3v) is 2.91. The highest BCUT2D eigenvalue weighted by molar-refractivity contribution is 5.72. The van der Waals surface area contributed by atoms with E-state index in [-0.39, 0.29) is 5.82 Å². The Labute approximate surface area is 106 Å². The average molecular weight is 245 g/mol. The van der Waals surface area contributed by atoms with Gasteiger partial charge in [-0.1, -0.05) is 17.7 Å². The second kappa shape index (κ2) is 5.19. The van der Waals surface area contributed by atoms with E-state index in [1.165, 1.54) is 6.07 Å². The van der Waals surface area contributed by atoms with Crippen LogP contribution in [0.25, 0.3) is 11.1 Å². The Morgan fingerprint density at radius 3 is 2.56 bits per heavy atom. The second-order valence-electron chi connectivity index (χ2n) is 4.22. The molecule has 0 heterocycles. The van der Waals surface area contributed by atoms with E-state index < -0.39 is 0 Å². The van der Waals surface area contributed by atoms with Crippen molar-refractivity contribution in [3.63, 3.8) is 0 Å². The van der Waals surface area contributed by atoms with Gasteiger partial charge >= 0.3 is 0 Å². The predicted molar refractivity (Wildman–Crippen MR) is 71.0 cm³/mol. The molecule has 0 amide bonds. The maximum atomic E-state index is 13.9. The van der Waals surface area contributed by atoms with Crippen LogP contribution in [0.15, 0.2) is 36.4 Å². The molecule has 0 fully saturated rings. The number of hydrogen-bond acceptors (Lipinski definition) is 2. The van der Waals surface area contributed by atoms with Crippen molar-refractivity contribution in [3.8, 4) is 16.9 Å². The Morgan fingerprint density at radius 1 is 1.11 bits per heavy atom. The summed E-state index contributed by atoms with van der Waals surface area (Å²) in [5, 5.41) is 0. The van der Waals surface area contributed by atoms with Crippen LogP contribution in [0.3, 0.4) is 0 Å². The van der Waals surface area contributed by atoms with Crippen LogP contribution >= 0.6 is 0 Å². The molecule has 0 saturated carbocycles. The molecule has 2 aromatic carbocycles. The first-order valence-electron chi connectivity index (χ1n) is 5.79. The monoisotopic (exact) mass is 245 g/mol. The number of nitrogens with two attached hydrogens (primary N) is 1. The quantitative estimate of drug-likeness (QED) is 0.900. The molecule has 94 valence electrons. The standard InChI is InChI=1S/C15H16FNO/c1-10-3-6-15(18-2)13(7-10)12-8-11(9-17)4-5-14(12)16/h3-8H,9,17H2,1-2H3. The summed E-state index contributed by atoms with van der Waals surface area (Å²) in [5.41, 5.74) is 8.83. The van der Waals surface area contributed by atoms with Crippen LogP contribution < -0.4 is 10.5 Å². The molecular formula is C15H16FNO. The van der Waals surface area contributed by atoms with Gasteiger partial charge in [0.2, 0.25) is 0 Å². The van der Waals surface area contributed by atoms with E-state index in [0.717, 1.165) is 16.7 Å². The van der Waals surface area contributed by atoms with Crippen molar-refractivity contribution in [3.05, 3.63) is 53.3 Å². The molecule has 0 aliphatic heterocycles. The van der Waals surface area contributed by atoms with Crippen LogP contribution in [-0.2, 0) is 6.54 Å². The molecule has 2 aromatic rings. The fourth-order valence-electron chi connectivity index (χ4n) is 1.94. The van der Waals surface area contributed by atoms with Gasteiger partial charge in [-0.3, -0.25) is 0 Å². The first-order chi connectivity index (χ1) is 8.65. The molecule has 2 N–H and O–H groups in total. The molecule has 0 radical (unpaired) electrons. The lowest BCUT2D eigenvalue weighted by Crippen LogP contribution is -1.98. The molecule has 0 bridgehead atoms. The van der Waals surface area contributed by atoms with Crippen molar-refractivity contribution >= 4 is 0 Å². The first-order valence-corrected chi connectivity index (χ1v) is 5.79. The predicted octanol–water partition coefficient (Wildman–Crippen LogP) is 3.27.